The molecule has 2 rings (SSSR count). The third-order valence-corrected chi connectivity index (χ3v) is 2.48. The summed E-state index contributed by atoms with van der Waals surface area (Å²) in [4.78, 5) is 8.05. The Hall–Kier alpha value is -1.90. The summed E-state index contributed by atoms with van der Waals surface area (Å²) in [6.45, 7) is 2.10. The molecule has 0 saturated heterocycles. The predicted octanol–water partition coefficient (Wildman–Crippen LogP) is 2.15. The molecule has 3 nitrogen and oxygen atoms in total. The van der Waals surface area contributed by atoms with Crippen molar-refractivity contribution in [2.45, 2.75) is 19.8 Å². The topological polar surface area (TPSA) is 51.8 Å². The SMILES string of the molecule is Cc1cccc(CCc2ccnc(N)n2)c1. The molecule has 1 aromatic heterocycles. The Morgan fingerprint density at radius 1 is 1.19 bits per heavy atom. The normalized spacial score (nSPS) is 10.3. The number of hydrogen-bond acceptors (Lipinski definition) is 3. The molecule has 2 N–H and O–H groups in total. The lowest BCUT2D eigenvalue weighted by Crippen LogP contribution is -2.00. The van der Waals surface area contributed by atoms with Crippen LogP contribution in [0, 0.1) is 6.92 Å². The first kappa shape index (κ1) is 10.6. The van der Waals surface area contributed by atoms with E-state index in [-0.39, 0.29) is 0 Å². The summed E-state index contributed by atoms with van der Waals surface area (Å²) in [5.41, 5.74) is 9.15. The molecule has 16 heavy (non-hydrogen) atoms. The molecule has 2 aromatic rings. The monoisotopic (exact) mass is 213 g/mol. The molecule has 1 heterocycles. The van der Waals surface area contributed by atoms with Crippen LogP contribution in [0.3, 0.4) is 0 Å². The van der Waals surface area contributed by atoms with Crippen molar-refractivity contribution in [2.24, 2.45) is 0 Å². The molecule has 0 aliphatic rings. The fourth-order valence-corrected chi connectivity index (χ4v) is 1.69. The van der Waals surface area contributed by atoms with Crippen LogP contribution in [0.15, 0.2) is 36.5 Å². The predicted molar refractivity (Wildman–Crippen MR) is 65.0 cm³/mol. The average Bonchev–Trinajstić information content (AvgIpc) is 2.27. The van der Waals surface area contributed by atoms with Gasteiger partial charge in [0, 0.05) is 11.9 Å². The number of rotatable bonds is 3. The van der Waals surface area contributed by atoms with Gasteiger partial charge in [-0.2, -0.15) is 0 Å². The molecule has 0 atom stereocenters. The zero-order chi connectivity index (χ0) is 11.4. The van der Waals surface area contributed by atoms with Gasteiger partial charge in [-0.25, -0.2) is 9.97 Å². The fraction of sp³-hybridized carbons (Fsp3) is 0.231. The Balaban J connectivity index is 2.02. The van der Waals surface area contributed by atoms with E-state index in [1.807, 2.05) is 6.07 Å². The molecule has 0 saturated carbocycles. The van der Waals surface area contributed by atoms with Crippen LogP contribution in [0.4, 0.5) is 5.95 Å². The number of aryl methyl sites for hydroxylation is 3. The van der Waals surface area contributed by atoms with Crippen LogP contribution in [-0.4, -0.2) is 9.97 Å². The lowest BCUT2D eigenvalue weighted by Gasteiger charge is -2.03. The van der Waals surface area contributed by atoms with Crippen LogP contribution in [-0.2, 0) is 12.8 Å². The van der Waals surface area contributed by atoms with Crippen LogP contribution in [0.1, 0.15) is 16.8 Å². The molecule has 1 aromatic carbocycles. The Morgan fingerprint density at radius 2 is 2.06 bits per heavy atom. The molecule has 0 spiro atoms. The first-order chi connectivity index (χ1) is 7.74. The number of hydrogen-bond donors (Lipinski definition) is 1. The lowest BCUT2D eigenvalue weighted by molar-refractivity contribution is 0.904. The van der Waals surface area contributed by atoms with Gasteiger partial charge in [0.1, 0.15) is 0 Å². The third-order valence-electron chi connectivity index (χ3n) is 2.48. The van der Waals surface area contributed by atoms with Gasteiger partial charge in [0.15, 0.2) is 0 Å². The lowest BCUT2D eigenvalue weighted by atomic mass is 10.1. The summed E-state index contributed by atoms with van der Waals surface area (Å²) in [6, 6.07) is 10.4. The Labute approximate surface area is 95.4 Å². The van der Waals surface area contributed by atoms with Crippen molar-refractivity contribution < 1.29 is 0 Å². The third kappa shape index (κ3) is 2.79. The number of nitrogen functional groups attached to an aromatic ring is 1. The highest BCUT2D eigenvalue weighted by Gasteiger charge is 1.98. The van der Waals surface area contributed by atoms with Crippen molar-refractivity contribution in [3.63, 3.8) is 0 Å². The molecule has 0 aliphatic heterocycles. The molecule has 0 bridgehead atoms. The minimum Gasteiger partial charge on any atom is -0.368 e. The summed E-state index contributed by atoms with van der Waals surface area (Å²) in [6.07, 6.45) is 3.59. The quantitative estimate of drug-likeness (QED) is 0.850. The second kappa shape index (κ2) is 4.75. The van der Waals surface area contributed by atoms with Gasteiger partial charge in [-0.15, -0.1) is 0 Å². The van der Waals surface area contributed by atoms with E-state index in [4.69, 9.17) is 5.73 Å². The van der Waals surface area contributed by atoms with Gasteiger partial charge in [-0.3, -0.25) is 0 Å². The molecule has 0 radical (unpaired) electrons. The molecule has 0 amide bonds. The molecule has 3 heteroatoms. The smallest absolute Gasteiger partial charge is 0.220 e. The zero-order valence-electron chi connectivity index (χ0n) is 9.35. The van der Waals surface area contributed by atoms with Gasteiger partial charge in [-0.05, 0) is 31.4 Å². The van der Waals surface area contributed by atoms with Crippen LogP contribution in [0.5, 0.6) is 0 Å². The van der Waals surface area contributed by atoms with Crippen LogP contribution < -0.4 is 5.73 Å². The largest absolute Gasteiger partial charge is 0.368 e. The first-order valence-electron chi connectivity index (χ1n) is 5.37. The van der Waals surface area contributed by atoms with E-state index in [0.717, 1.165) is 18.5 Å². The highest BCUT2D eigenvalue weighted by Crippen LogP contribution is 2.08. The van der Waals surface area contributed by atoms with Crippen LogP contribution in [0.25, 0.3) is 0 Å². The van der Waals surface area contributed by atoms with E-state index in [1.54, 1.807) is 6.20 Å². The van der Waals surface area contributed by atoms with Crippen molar-refractivity contribution in [1.29, 1.82) is 0 Å². The Bertz CT molecular complexity index is 435. The van der Waals surface area contributed by atoms with Gasteiger partial charge < -0.3 is 5.73 Å². The standard InChI is InChI=1S/C13H15N3/c1-10-3-2-4-11(9-10)5-6-12-7-8-15-13(14)16-12/h2-4,7-9H,5-6H2,1H3,(H2,14,15,16). The summed E-state index contributed by atoms with van der Waals surface area (Å²) in [7, 11) is 0. The van der Waals surface area contributed by atoms with Crippen molar-refractivity contribution in [2.75, 3.05) is 5.73 Å². The molecular formula is C13H15N3. The van der Waals surface area contributed by atoms with Gasteiger partial charge >= 0.3 is 0 Å². The first-order valence-corrected chi connectivity index (χ1v) is 5.37. The highest BCUT2D eigenvalue weighted by atomic mass is 15.0. The highest BCUT2D eigenvalue weighted by molar-refractivity contribution is 5.24. The van der Waals surface area contributed by atoms with Gasteiger partial charge in [0.2, 0.25) is 5.95 Å². The van der Waals surface area contributed by atoms with Crippen molar-refractivity contribution in [3.05, 3.63) is 53.3 Å². The van der Waals surface area contributed by atoms with E-state index >= 15 is 0 Å². The molecule has 0 aliphatic carbocycles. The summed E-state index contributed by atoms with van der Waals surface area (Å²) in [5, 5.41) is 0. The van der Waals surface area contributed by atoms with E-state index in [2.05, 4.69) is 41.2 Å². The van der Waals surface area contributed by atoms with E-state index < -0.39 is 0 Å². The fourth-order valence-electron chi connectivity index (χ4n) is 1.69. The number of nitrogens with zero attached hydrogens (tertiary/aromatic N) is 2. The number of aromatic nitrogens is 2. The van der Waals surface area contributed by atoms with Crippen molar-refractivity contribution >= 4 is 5.95 Å². The summed E-state index contributed by atoms with van der Waals surface area (Å²) >= 11 is 0. The minimum absolute atomic E-state index is 0.349. The van der Waals surface area contributed by atoms with Gasteiger partial charge in [-0.1, -0.05) is 29.8 Å². The molecule has 0 unspecified atom stereocenters. The Morgan fingerprint density at radius 3 is 2.81 bits per heavy atom. The van der Waals surface area contributed by atoms with E-state index in [0.29, 0.717) is 5.95 Å². The molecule has 0 fully saturated rings. The van der Waals surface area contributed by atoms with E-state index in [9.17, 15) is 0 Å². The maximum atomic E-state index is 5.53. The summed E-state index contributed by atoms with van der Waals surface area (Å²) < 4.78 is 0. The van der Waals surface area contributed by atoms with Crippen molar-refractivity contribution in [3.8, 4) is 0 Å². The Kier molecular flexibility index (Phi) is 3.15. The summed E-state index contributed by atoms with van der Waals surface area (Å²) in [5.74, 6) is 0.349. The number of benzene rings is 1. The maximum Gasteiger partial charge on any atom is 0.220 e. The van der Waals surface area contributed by atoms with E-state index in [1.165, 1.54) is 11.1 Å². The molecular weight excluding hydrogens is 198 g/mol. The van der Waals surface area contributed by atoms with Gasteiger partial charge in [0.25, 0.3) is 0 Å². The second-order valence-corrected chi connectivity index (χ2v) is 3.90. The van der Waals surface area contributed by atoms with Gasteiger partial charge in [0.05, 0.1) is 0 Å². The maximum absolute atomic E-state index is 5.53. The second-order valence-electron chi connectivity index (χ2n) is 3.90. The van der Waals surface area contributed by atoms with Crippen LogP contribution in [0.2, 0.25) is 0 Å². The molecule has 82 valence electrons. The minimum atomic E-state index is 0.349. The van der Waals surface area contributed by atoms with Crippen molar-refractivity contribution in [1.82, 2.24) is 9.97 Å². The van der Waals surface area contributed by atoms with Crippen LogP contribution >= 0.6 is 0 Å². The zero-order valence-corrected chi connectivity index (χ0v) is 9.35. The number of anilines is 1. The number of nitrogens with two attached hydrogens (primary N) is 1. The average molecular weight is 213 g/mol.